The Morgan fingerprint density at radius 1 is 1.08 bits per heavy atom. The highest BCUT2D eigenvalue weighted by molar-refractivity contribution is 5.98. The van der Waals surface area contributed by atoms with E-state index in [1.807, 2.05) is 30.3 Å². The molecule has 8 heteroatoms. The second-order valence-corrected chi connectivity index (χ2v) is 5.28. The molecule has 3 rings (SSSR count). The van der Waals surface area contributed by atoms with Crippen LogP contribution in [0.25, 0.3) is 0 Å². The molecule has 130 valence electrons. The molecule has 1 amide bonds. The number of pyridine rings is 1. The summed E-state index contributed by atoms with van der Waals surface area (Å²) in [5, 5.41) is 13.8. The van der Waals surface area contributed by atoms with Crippen LogP contribution in [-0.4, -0.2) is 15.8 Å². The lowest BCUT2D eigenvalue weighted by molar-refractivity contribution is -0.385. The van der Waals surface area contributed by atoms with Crippen LogP contribution in [0.1, 0.15) is 10.4 Å². The molecule has 0 saturated carbocycles. The summed E-state index contributed by atoms with van der Waals surface area (Å²) in [6.45, 7) is 0. The molecule has 1 aromatic heterocycles. The van der Waals surface area contributed by atoms with Gasteiger partial charge in [0.25, 0.3) is 11.6 Å². The third-order valence-electron chi connectivity index (χ3n) is 3.43. The second-order valence-electron chi connectivity index (χ2n) is 5.28. The van der Waals surface area contributed by atoms with E-state index < -0.39 is 10.8 Å². The minimum atomic E-state index is -0.819. The van der Waals surface area contributed by atoms with E-state index in [0.717, 1.165) is 12.3 Å². The average Bonchev–Trinajstić information content (AvgIpc) is 2.63. The van der Waals surface area contributed by atoms with Crippen molar-refractivity contribution in [2.75, 3.05) is 5.32 Å². The van der Waals surface area contributed by atoms with Gasteiger partial charge in [-0.1, -0.05) is 24.3 Å². The van der Waals surface area contributed by atoms with Crippen molar-refractivity contribution in [3.8, 4) is 11.5 Å². The van der Waals surface area contributed by atoms with Gasteiger partial charge in [-0.2, -0.15) is 0 Å². The molecule has 0 bridgehead atoms. The highest BCUT2D eigenvalue weighted by Gasteiger charge is 2.16. The number of nitrogens with two attached hydrogens (primary N) is 1. The first-order chi connectivity index (χ1) is 12.5. The Morgan fingerprint density at radius 3 is 2.50 bits per heavy atom. The summed E-state index contributed by atoms with van der Waals surface area (Å²) in [6.07, 6.45) is 1.05. The summed E-state index contributed by atoms with van der Waals surface area (Å²) in [5.74, 6) is 0.556. The van der Waals surface area contributed by atoms with Gasteiger partial charge in [0.05, 0.1) is 10.5 Å². The molecule has 0 aliphatic heterocycles. The lowest BCUT2D eigenvalue weighted by Gasteiger charge is -2.11. The van der Waals surface area contributed by atoms with E-state index in [1.54, 1.807) is 24.3 Å². The van der Waals surface area contributed by atoms with Gasteiger partial charge in [0.15, 0.2) is 0 Å². The van der Waals surface area contributed by atoms with E-state index in [2.05, 4.69) is 10.3 Å². The number of benzene rings is 2. The molecule has 2 aromatic carbocycles. The Hall–Kier alpha value is -3.94. The van der Waals surface area contributed by atoms with Crippen LogP contribution in [0.4, 0.5) is 17.2 Å². The molecule has 0 aliphatic rings. The predicted octanol–water partition coefficient (Wildman–Crippen LogP) is 3.62. The van der Waals surface area contributed by atoms with Gasteiger partial charge in [-0.05, 0) is 24.3 Å². The van der Waals surface area contributed by atoms with E-state index in [9.17, 15) is 14.9 Å². The highest BCUT2D eigenvalue weighted by Crippen LogP contribution is 2.27. The first-order valence-corrected chi connectivity index (χ1v) is 7.57. The van der Waals surface area contributed by atoms with Crippen LogP contribution in [0.3, 0.4) is 0 Å². The lowest BCUT2D eigenvalue weighted by atomic mass is 10.2. The second kappa shape index (κ2) is 7.31. The number of para-hydroxylation sites is 1. The summed E-state index contributed by atoms with van der Waals surface area (Å²) in [7, 11) is 0. The molecule has 0 radical (unpaired) electrons. The van der Waals surface area contributed by atoms with Crippen molar-refractivity contribution >= 4 is 23.1 Å². The quantitative estimate of drug-likeness (QED) is 0.517. The van der Waals surface area contributed by atoms with E-state index in [4.69, 9.17) is 10.5 Å². The van der Waals surface area contributed by atoms with Crippen molar-refractivity contribution in [2.45, 2.75) is 0 Å². The maximum absolute atomic E-state index is 11.6. The number of hydrogen-bond donors (Lipinski definition) is 2. The zero-order valence-corrected chi connectivity index (χ0v) is 13.5. The Kier molecular flexibility index (Phi) is 4.75. The first-order valence-electron chi connectivity index (χ1n) is 7.57. The number of carbonyl (C=O) groups excluding carboxylic acids is 1. The normalized spacial score (nSPS) is 10.2. The van der Waals surface area contributed by atoms with Crippen molar-refractivity contribution in [3.05, 3.63) is 82.5 Å². The van der Waals surface area contributed by atoms with Crippen molar-refractivity contribution in [2.24, 2.45) is 5.73 Å². The van der Waals surface area contributed by atoms with Crippen LogP contribution in [0.15, 0.2) is 66.9 Å². The number of nitrogens with zero attached hydrogens (tertiary/aromatic N) is 2. The number of carbonyl (C=O) groups is 1. The number of aromatic nitrogens is 1. The van der Waals surface area contributed by atoms with Gasteiger partial charge in [0, 0.05) is 17.8 Å². The smallest absolute Gasteiger partial charge is 0.288 e. The van der Waals surface area contributed by atoms with Crippen LogP contribution in [-0.2, 0) is 0 Å². The van der Waals surface area contributed by atoms with E-state index in [0.29, 0.717) is 17.2 Å². The number of anilines is 2. The lowest BCUT2D eigenvalue weighted by Crippen LogP contribution is -2.14. The number of primary amides is 1. The van der Waals surface area contributed by atoms with Crippen LogP contribution < -0.4 is 15.8 Å². The minimum Gasteiger partial charge on any atom is -0.457 e. The Labute approximate surface area is 148 Å². The van der Waals surface area contributed by atoms with Crippen LogP contribution in [0.5, 0.6) is 11.5 Å². The minimum absolute atomic E-state index is 0.0754. The molecule has 3 N–H and O–H groups in total. The molecule has 1 heterocycles. The number of nitro groups is 1. The molecule has 0 spiro atoms. The van der Waals surface area contributed by atoms with Crippen LogP contribution >= 0.6 is 0 Å². The fourth-order valence-electron chi connectivity index (χ4n) is 2.24. The van der Waals surface area contributed by atoms with Gasteiger partial charge in [0.1, 0.15) is 23.5 Å². The zero-order valence-electron chi connectivity index (χ0n) is 13.5. The molecule has 8 nitrogen and oxygen atoms in total. The monoisotopic (exact) mass is 350 g/mol. The number of nitrogens with one attached hydrogen (secondary N) is 1. The number of ether oxygens (including phenoxy) is 1. The molecule has 3 aromatic rings. The predicted molar refractivity (Wildman–Crippen MR) is 95.7 cm³/mol. The van der Waals surface area contributed by atoms with Crippen molar-refractivity contribution in [3.63, 3.8) is 0 Å². The largest absolute Gasteiger partial charge is 0.457 e. The summed E-state index contributed by atoms with van der Waals surface area (Å²) >= 11 is 0. The summed E-state index contributed by atoms with van der Waals surface area (Å²) in [6, 6.07) is 17.3. The van der Waals surface area contributed by atoms with Gasteiger partial charge in [0.2, 0.25) is 0 Å². The van der Waals surface area contributed by atoms with E-state index in [-0.39, 0.29) is 17.1 Å². The van der Waals surface area contributed by atoms with Gasteiger partial charge in [-0.3, -0.25) is 14.9 Å². The number of rotatable bonds is 6. The third kappa shape index (κ3) is 3.93. The molecule has 0 fully saturated rings. The third-order valence-corrected chi connectivity index (χ3v) is 3.43. The van der Waals surface area contributed by atoms with Crippen LogP contribution in [0.2, 0.25) is 0 Å². The Balaban J connectivity index is 1.86. The maximum Gasteiger partial charge on any atom is 0.288 e. The van der Waals surface area contributed by atoms with Crippen molar-refractivity contribution in [1.82, 2.24) is 4.98 Å². The van der Waals surface area contributed by atoms with E-state index in [1.165, 1.54) is 0 Å². The van der Waals surface area contributed by atoms with Crippen LogP contribution in [0, 0.1) is 10.1 Å². The summed E-state index contributed by atoms with van der Waals surface area (Å²) < 4.78 is 5.74. The zero-order chi connectivity index (χ0) is 18.5. The average molecular weight is 350 g/mol. The van der Waals surface area contributed by atoms with E-state index >= 15 is 0 Å². The maximum atomic E-state index is 11.6. The first kappa shape index (κ1) is 16.9. The van der Waals surface area contributed by atoms with Gasteiger partial charge >= 0.3 is 0 Å². The van der Waals surface area contributed by atoms with Crippen molar-refractivity contribution in [1.29, 1.82) is 0 Å². The highest BCUT2D eigenvalue weighted by atomic mass is 16.6. The van der Waals surface area contributed by atoms with Gasteiger partial charge in [-0.15, -0.1) is 0 Å². The Morgan fingerprint density at radius 2 is 1.81 bits per heavy atom. The molecule has 0 atom stereocenters. The number of hydrogen-bond acceptors (Lipinski definition) is 6. The van der Waals surface area contributed by atoms with Gasteiger partial charge < -0.3 is 15.8 Å². The molecular weight excluding hydrogens is 336 g/mol. The summed E-state index contributed by atoms with van der Waals surface area (Å²) in [5.41, 5.74) is 5.50. The standard InChI is InChI=1S/C18H14N4O4/c19-17(23)16-10-13(22(24)25)11-20-18(16)21-12-5-4-8-15(9-12)26-14-6-2-1-3-7-14/h1-11H,(H2,19,23)(H,20,21). The SMILES string of the molecule is NC(=O)c1cc([N+](=O)[O-])cnc1Nc1cccc(Oc2ccccc2)c1. The molecule has 26 heavy (non-hydrogen) atoms. The van der Waals surface area contributed by atoms with Gasteiger partial charge in [-0.25, -0.2) is 4.98 Å². The molecule has 0 saturated heterocycles. The fraction of sp³-hybridized carbons (Fsp3) is 0. The topological polar surface area (TPSA) is 120 Å². The van der Waals surface area contributed by atoms with Crippen molar-refractivity contribution < 1.29 is 14.5 Å². The Bertz CT molecular complexity index is 960. The fourth-order valence-corrected chi connectivity index (χ4v) is 2.24. The summed E-state index contributed by atoms with van der Waals surface area (Å²) in [4.78, 5) is 25.7. The molecule has 0 aliphatic carbocycles. The molecule has 0 unspecified atom stereocenters. The molecular formula is C18H14N4O4. The number of amides is 1.